The summed E-state index contributed by atoms with van der Waals surface area (Å²) in [6.07, 6.45) is 2.93. The molecule has 0 spiro atoms. The molecule has 0 amide bonds. The van der Waals surface area contributed by atoms with Crippen molar-refractivity contribution in [2.75, 3.05) is 0 Å². The van der Waals surface area contributed by atoms with Gasteiger partial charge in [-0.2, -0.15) is 0 Å². The molecule has 5 heteroatoms. The zero-order chi connectivity index (χ0) is 17.3. The second kappa shape index (κ2) is 6.09. The molecule has 0 saturated carbocycles. The van der Waals surface area contributed by atoms with Crippen molar-refractivity contribution >= 4 is 26.7 Å². The Morgan fingerprint density at radius 2 is 1.58 bits per heavy atom. The van der Waals surface area contributed by atoms with Gasteiger partial charge in [0.1, 0.15) is 0 Å². The topological polar surface area (TPSA) is 56.1 Å². The van der Waals surface area contributed by atoms with E-state index in [4.69, 9.17) is 0 Å². The number of carbonyl (C=O) groups excluding carboxylic acids is 1. The van der Waals surface area contributed by atoms with Gasteiger partial charge in [-0.3, -0.25) is 4.79 Å². The molecule has 0 fully saturated rings. The molecule has 24 heavy (non-hydrogen) atoms. The van der Waals surface area contributed by atoms with E-state index in [2.05, 4.69) is 0 Å². The Bertz CT molecular complexity index is 1040. The number of carbonyl (C=O) groups is 1. The molecule has 1 heterocycles. The number of ketones is 1. The van der Waals surface area contributed by atoms with Gasteiger partial charge in [0.15, 0.2) is 5.78 Å². The average Bonchev–Trinajstić information content (AvgIpc) is 2.95. The molecule has 0 N–H and O–H groups in total. The molecule has 0 bridgehead atoms. The van der Waals surface area contributed by atoms with Crippen molar-refractivity contribution in [3.63, 3.8) is 0 Å². The zero-order valence-corrected chi connectivity index (χ0v) is 14.2. The van der Waals surface area contributed by atoms with Gasteiger partial charge >= 0.3 is 0 Å². The van der Waals surface area contributed by atoms with Crippen molar-refractivity contribution < 1.29 is 13.2 Å². The molecular weight excluding hydrogens is 322 g/mol. The molecule has 0 atom stereocenters. The Morgan fingerprint density at radius 3 is 2.25 bits per heavy atom. The van der Waals surface area contributed by atoms with Crippen LogP contribution in [0.15, 0.2) is 77.3 Å². The largest absolute Gasteiger partial charge is 0.289 e. The van der Waals surface area contributed by atoms with Gasteiger partial charge < -0.3 is 0 Å². The predicted octanol–water partition coefficient (Wildman–Crippen LogP) is 4.03. The van der Waals surface area contributed by atoms with Crippen LogP contribution in [0.25, 0.3) is 10.9 Å². The lowest BCUT2D eigenvalue weighted by Crippen LogP contribution is -2.11. The quantitative estimate of drug-likeness (QED) is 0.533. The van der Waals surface area contributed by atoms with Crippen molar-refractivity contribution in [1.29, 1.82) is 0 Å². The van der Waals surface area contributed by atoms with E-state index in [0.717, 1.165) is 5.57 Å². The summed E-state index contributed by atoms with van der Waals surface area (Å²) in [7, 11) is -3.76. The van der Waals surface area contributed by atoms with E-state index in [1.807, 2.05) is 13.8 Å². The van der Waals surface area contributed by atoms with Gasteiger partial charge in [0, 0.05) is 17.1 Å². The monoisotopic (exact) mass is 339 g/mol. The van der Waals surface area contributed by atoms with Gasteiger partial charge in [0.25, 0.3) is 10.0 Å². The lowest BCUT2D eigenvalue weighted by atomic mass is 10.1. The van der Waals surface area contributed by atoms with E-state index < -0.39 is 10.0 Å². The minimum atomic E-state index is -3.76. The molecular formula is C19H17NO3S. The average molecular weight is 339 g/mol. The molecule has 3 aromatic rings. The lowest BCUT2D eigenvalue weighted by molar-refractivity contribution is 0.104. The molecule has 2 aromatic carbocycles. The summed E-state index contributed by atoms with van der Waals surface area (Å²) in [5, 5.41) is 0.625. The minimum absolute atomic E-state index is 0.187. The second-order valence-electron chi connectivity index (χ2n) is 5.76. The fraction of sp³-hybridized carbons (Fsp3) is 0.105. The van der Waals surface area contributed by atoms with E-state index in [-0.39, 0.29) is 10.7 Å². The smallest absolute Gasteiger partial charge is 0.268 e. The van der Waals surface area contributed by atoms with Crippen LogP contribution in [0.2, 0.25) is 0 Å². The summed E-state index contributed by atoms with van der Waals surface area (Å²) < 4.78 is 27.1. The maximum atomic E-state index is 12.9. The molecule has 122 valence electrons. The van der Waals surface area contributed by atoms with Crippen LogP contribution >= 0.6 is 0 Å². The summed E-state index contributed by atoms with van der Waals surface area (Å²) in [6.45, 7) is 3.66. The van der Waals surface area contributed by atoms with Crippen molar-refractivity contribution in [2.45, 2.75) is 18.7 Å². The summed E-state index contributed by atoms with van der Waals surface area (Å²) in [5.41, 5.74) is 1.74. The van der Waals surface area contributed by atoms with Gasteiger partial charge in [0.2, 0.25) is 0 Å². The molecule has 0 aliphatic carbocycles. The van der Waals surface area contributed by atoms with Gasteiger partial charge in [0.05, 0.1) is 10.4 Å². The van der Waals surface area contributed by atoms with E-state index in [9.17, 15) is 13.2 Å². The number of hydrogen-bond acceptors (Lipinski definition) is 3. The standard InChI is InChI=1S/C19H17NO3S/c1-14(2)12-19(21)17-13-20(18-11-7-6-10-16(17)18)24(22,23)15-8-4-3-5-9-15/h3-13H,1-2H3. The number of allylic oxidation sites excluding steroid dienone is 2. The predicted molar refractivity (Wildman–Crippen MR) is 94.7 cm³/mol. The Hall–Kier alpha value is -2.66. The summed E-state index contributed by atoms with van der Waals surface area (Å²) in [5.74, 6) is -0.201. The molecule has 1 aromatic heterocycles. The highest BCUT2D eigenvalue weighted by Crippen LogP contribution is 2.26. The minimum Gasteiger partial charge on any atom is -0.289 e. The molecule has 0 aliphatic rings. The number of nitrogens with zero attached hydrogens (tertiary/aromatic N) is 1. The first-order valence-electron chi connectivity index (χ1n) is 7.51. The van der Waals surface area contributed by atoms with Crippen molar-refractivity contribution in [3.05, 3.63) is 78.0 Å². The van der Waals surface area contributed by atoms with Crippen LogP contribution in [0, 0.1) is 0 Å². The summed E-state index contributed by atoms with van der Waals surface area (Å²) >= 11 is 0. The highest BCUT2D eigenvalue weighted by atomic mass is 32.2. The van der Waals surface area contributed by atoms with E-state index in [1.165, 1.54) is 16.2 Å². The van der Waals surface area contributed by atoms with E-state index >= 15 is 0 Å². The van der Waals surface area contributed by atoms with Crippen molar-refractivity contribution in [3.8, 4) is 0 Å². The first-order chi connectivity index (χ1) is 11.4. The SMILES string of the molecule is CC(C)=CC(=O)c1cn(S(=O)(=O)c2ccccc2)c2ccccc12. The summed E-state index contributed by atoms with van der Waals surface area (Å²) in [4.78, 5) is 12.6. The highest BCUT2D eigenvalue weighted by molar-refractivity contribution is 7.90. The summed E-state index contributed by atoms with van der Waals surface area (Å²) in [6, 6.07) is 15.2. The Balaban J connectivity index is 2.28. The van der Waals surface area contributed by atoms with Gasteiger partial charge in [-0.1, -0.05) is 42.0 Å². The molecule has 4 nitrogen and oxygen atoms in total. The highest BCUT2D eigenvalue weighted by Gasteiger charge is 2.22. The molecule has 0 unspecified atom stereocenters. The molecule has 0 aliphatic heterocycles. The third kappa shape index (κ3) is 2.78. The lowest BCUT2D eigenvalue weighted by Gasteiger charge is -2.07. The fourth-order valence-corrected chi connectivity index (χ4v) is 3.98. The van der Waals surface area contributed by atoms with Gasteiger partial charge in [-0.15, -0.1) is 0 Å². The van der Waals surface area contributed by atoms with Crippen LogP contribution in [0.4, 0.5) is 0 Å². The second-order valence-corrected chi connectivity index (χ2v) is 7.57. The normalized spacial score (nSPS) is 11.4. The van der Waals surface area contributed by atoms with Crippen LogP contribution in [0.3, 0.4) is 0 Å². The molecule has 0 saturated heterocycles. The maximum absolute atomic E-state index is 12.9. The molecule has 0 radical (unpaired) electrons. The van der Waals surface area contributed by atoms with Crippen molar-refractivity contribution in [2.24, 2.45) is 0 Å². The van der Waals surface area contributed by atoms with E-state index in [0.29, 0.717) is 16.5 Å². The van der Waals surface area contributed by atoms with Gasteiger partial charge in [-0.25, -0.2) is 12.4 Å². The molecule has 3 rings (SSSR count). The first-order valence-corrected chi connectivity index (χ1v) is 8.95. The van der Waals surface area contributed by atoms with Crippen LogP contribution in [-0.4, -0.2) is 18.2 Å². The number of benzene rings is 2. The fourth-order valence-electron chi connectivity index (χ4n) is 2.59. The number of hydrogen-bond donors (Lipinski definition) is 0. The number of para-hydroxylation sites is 1. The first kappa shape index (κ1) is 16.2. The number of aromatic nitrogens is 1. The maximum Gasteiger partial charge on any atom is 0.268 e. The number of fused-ring (bicyclic) bond motifs is 1. The van der Waals surface area contributed by atoms with E-state index in [1.54, 1.807) is 54.6 Å². The number of rotatable bonds is 4. The van der Waals surface area contributed by atoms with Crippen LogP contribution in [0.5, 0.6) is 0 Å². The van der Waals surface area contributed by atoms with Crippen LogP contribution in [-0.2, 0) is 10.0 Å². The third-order valence-electron chi connectivity index (χ3n) is 3.66. The van der Waals surface area contributed by atoms with Crippen LogP contribution in [0.1, 0.15) is 24.2 Å². The van der Waals surface area contributed by atoms with Crippen LogP contribution < -0.4 is 0 Å². The Morgan fingerprint density at radius 1 is 0.958 bits per heavy atom. The third-order valence-corrected chi connectivity index (χ3v) is 5.35. The van der Waals surface area contributed by atoms with Gasteiger partial charge in [-0.05, 0) is 38.1 Å². The Kier molecular flexibility index (Phi) is 4.11. The Labute approximate surface area is 141 Å². The zero-order valence-electron chi connectivity index (χ0n) is 13.4. The van der Waals surface area contributed by atoms with Crippen molar-refractivity contribution in [1.82, 2.24) is 3.97 Å².